The first-order valence-corrected chi connectivity index (χ1v) is 8.79. The Labute approximate surface area is 258 Å². The zero-order chi connectivity index (χ0) is 23.1. The van der Waals surface area contributed by atoms with Gasteiger partial charge in [0.05, 0.1) is 0 Å². The number of nitrogens with zero attached hydrogens (tertiary/aromatic N) is 2. The minimum Gasteiger partial charge on any atom is -0.570 e. The average molecular weight is 705 g/mol. The third kappa shape index (κ3) is 759. The summed E-state index contributed by atoms with van der Waals surface area (Å²) in [6.45, 7) is 6.00. The Morgan fingerprint density at radius 2 is 0.724 bits per heavy atom. The van der Waals surface area contributed by atoms with Crippen LogP contribution in [-0.4, -0.2) is 68.6 Å². The Hall–Kier alpha value is 1.39. The molecule has 0 aliphatic carbocycles. The van der Waals surface area contributed by atoms with Crippen LogP contribution in [0.3, 0.4) is 0 Å². The maximum absolute atomic E-state index is 4.66. The van der Waals surface area contributed by atoms with Crippen molar-refractivity contribution in [1.82, 2.24) is 9.80 Å². The van der Waals surface area contributed by atoms with Gasteiger partial charge in [0.2, 0.25) is 0 Å². The molecule has 29 heavy (non-hydrogen) atoms. The summed E-state index contributed by atoms with van der Waals surface area (Å²) in [6.07, 6.45) is 0. The van der Waals surface area contributed by atoms with Gasteiger partial charge in [-0.2, -0.15) is 0 Å². The quantitative estimate of drug-likeness (QED) is 0.0808. The predicted octanol–water partition coefficient (Wildman–Crippen LogP) is 0.672. The van der Waals surface area contributed by atoms with Crippen LogP contribution >= 0.6 is 73.3 Å². The van der Waals surface area contributed by atoms with Crippen molar-refractivity contribution in [2.75, 3.05) is 28.2 Å². The molecule has 0 amide bonds. The van der Waals surface area contributed by atoms with E-state index in [2.05, 4.69) is 146 Å². The molecule has 0 aromatic rings. The Kier molecular flexibility index (Phi) is 171. The number of nitrogens with two attached hydrogens (primary N) is 4. The second-order valence-electron chi connectivity index (χ2n) is 2.85. The molecular formula is C12H24N6S8Zn3. The summed E-state index contributed by atoms with van der Waals surface area (Å²) >= 11 is 33.1. The molecule has 0 radical (unpaired) electrons. The average Bonchev–Trinajstić information content (AvgIpc) is 2.50. The summed E-state index contributed by atoms with van der Waals surface area (Å²) < 4.78 is 0.167. The molecule has 0 aliphatic rings. The molecule has 0 bridgehead atoms. The second kappa shape index (κ2) is 78.3. The number of rotatable bonds is 2. The van der Waals surface area contributed by atoms with E-state index in [4.69, 9.17) is 0 Å². The molecule has 0 atom stereocenters. The molecule has 8 N–H and O–H groups in total. The first kappa shape index (κ1) is 63.1. The maximum Gasteiger partial charge on any atom is 2.00 e. The van der Waals surface area contributed by atoms with E-state index in [9.17, 15) is 0 Å². The maximum atomic E-state index is 4.66. The fourth-order valence-corrected chi connectivity index (χ4v) is 0. The van der Waals surface area contributed by atoms with Gasteiger partial charge >= 0.3 is 58.4 Å². The van der Waals surface area contributed by atoms with E-state index in [0.717, 1.165) is 0 Å². The third-order valence-corrected chi connectivity index (χ3v) is 1.10. The molecule has 6 nitrogen and oxygen atoms in total. The molecule has 0 aromatic carbocycles. The molecule has 0 fully saturated rings. The van der Waals surface area contributed by atoms with Crippen LogP contribution in [0, 0.1) is 0 Å². The SMILES string of the molecule is C=C.CN(C)[C-]=S.CN(C)[C-]=S.NC(=S)[S-].NC(=S)[S-].N[C-]=S.N[C-]=S.[Zn+2].[Zn+2].[Zn+2]. The number of hydrogen-bond acceptors (Lipinski definition) is 8. The standard InChI is InChI=1S/2C3H6NS.C2H4.2CH3NS2.2CH2NS.3Zn/c2*1-4(2)3-5;1-2;2*2-1(3)4;2*2-1-3;;;/h2*1-2H3;1-2H2;2*(H3,2,3,4);2*(H2,2,3);;;/q2*-1;;;;2*-1;3*+2/p-2. The molecular weight excluding hydrogens is 681 g/mol. The van der Waals surface area contributed by atoms with Gasteiger partial charge in [0, 0.05) is 0 Å². The van der Waals surface area contributed by atoms with E-state index in [0.29, 0.717) is 0 Å². The Morgan fingerprint density at radius 3 is 0.724 bits per heavy atom. The summed E-state index contributed by atoms with van der Waals surface area (Å²) in [5.41, 5.74) is 26.7. The second-order valence-corrected chi connectivity index (χ2v) is 5.96. The molecule has 0 aliphatic heterocycles. The van der Waals surface area contributed by atoms with Crippen LogP contribution in [0.5, 0.6) is 0 Å². The number of hydrogen-bond donors (Lipinski definition) is 4. The van der Waals surface area contributed by atoms with Crippen molar-refractivity contribution in [1.29, 1.82) is 0 Å². The van der Waals surface area contributed by atoms with Gasteiger partial charge in [0.25, 0.3) is 0 Å². The number of thiocarbonyl (C=S) groups is 6. The summed E-state index contributed by atoms with van der Waals surface area (Å²) in [6, 6.07) is 0. The van der Waals surface area contributed by atoms with Gasteiger partial charge in [-0.1, -0.05) is 8.64 Å². The summed E-state index contributed by atoms with van der Waals surface area (Å²) in [5.74, 6) is 0. The van der Waals surface area contributed by atoms with Crippen LogP contribution in [0.25, 0.3) is 0 Å². The third-order valence-electron chi connectivity index (χ3n) is 0.365. The van der Waals surface area contributed by atoms with E-state index in [-0.39, 0.29) is 67.1 Å². The monoisotopic (exact) mass is 700 g/mol. The van der Waals surface area contributed by atoms with Crippen molar-refractivity contribution in [2.24, 2.45) is 22.9 Å². The Bertz CT molecular complexity index is 303. The van der Waals surface area contributed by atoms with E-state index in [1.165, 1.54) is 0 Å². The molecule has 0 saturated carbocycles. The molecule has 17 heteroatoms. The van der Waals surface area contributed by atoms with E-state index < -0.39 is 0 Å². The van der Waals surface area contributed by atoms with Crippen molar-refractivity contribution < 1.29 is 58.4 Å². The molecule has 0 spiro atoms. The summed E-state index contributed by atoms with van der Waals surface area (Å²) in [5, 5.41) is 0. The van der Waals surface area contributed by atoms with Crippen molar-refractivity contribution >= 4 is 129 Å². The van der Waals surface area contributed by atoms with Gasteiger partial charge < -0.3 is 153 Å². The van der Waals surface area contributed by atoms with Crippen LogP contribution < -0.4 is 22.9 Å². The normalized spacial score (nSPS) is 4.97. The molecule has 0 unspecified atom stereocenters. The fourth-order valence-electron chi connectivity index (χ4n) is 0. The Morgan fingerprint density at radius 1 is 0.690 bits per heavy atom. The summed E-state index contributed by atoms with van der Waals surface area (Å²) in [4.78, 5) is 3.38. The van der Waals surface area contributed by atoms with Crippen LogP contribution in [0.4, 0.5) is 0 Å². The summed E-state index contributed by atoms with van der Waals surface area (Å²) in [7, 11) is 7.36. The van der Waals surface area contributed by atoms with Crippen LogP contribution in [0.15, 0.2) is 13.2 Å². The van der Waals surface area contributed by atoms with Crippen LogP contribution in [-0.2, 0) is 83.7 Å². The first-order valence-electron chi connectivity index (χ1n) is 5.52. The van der Waals surface area contributed by atoms with Gasteiger partial charge in [0.1, 0.15) is 0 Å². The predicted molar refractivity (Wildman–Crippen MR) is 146 cm³/mol. The van der Waals surface area contributed by atoms with Gasteiger partial charge in [0.15, 0.2) is 0 Å². The van der Waals surface area contributed by atoms with Crippen molar-refractivity contribution in [3.8, 4) is 0 Å². The minimum atomic E-state index is 0. The zero-order valence-electron chi connectivity index (χ0n) is 17.0. The van der Waals surface area contributed by atoms with Crippen molar-refractivity contribution in [2.45, 2.75) is 0 Å². The van der Waals surface area contributed by atoms with E-state index in [1.807, 2.05) is 39.2 Å². The molecule has 0 aromatic heterocycles. The molecule has 0 rings (SSSR count). The van der Waals surface area contributed by atoms with E-state index in [1.54, 1.807) is 9.80 Å². The van der Waals surface area contributed by atoms with Gasteiger partial charge in [-0.05, 0) is 28.2 Å². The van der Waals surface area contributed by atoms with Crippen molar-refractivity contribution in [3.63, 3.8) is 0 Å². The van der Waals surface area contributed by atoms with Crippen molar-refractivity contribution in [3.05, 3.63) is 13.2 Å². The van der Waals surface area contributed by atoms with Crippen LogP contribution in [0.1, 0.15) is 0 Å². The van der Waals surface area contributed by atoms with Crippen LogP contribution in [0.2, 0.25) is 0 Å². The minimum absolute atomic E-state index is 0. The van der Waals surface area contributed by atoms with E-state index >= 15 is 0 Å². The fraction of sp³-hybridized carbons (Fsp3) is 0.333. The first-order chi connectivity index (χ1) is 11.8. The van der Waals surface area contributed by atoms with Gasteiger partial charge in [-0.15, -0.1) is 13.2 Å². The van der Waals surface area contributed by atoms with Gasteiger partial charge in [-0.3, -0.25) is 0 Å². The zero-order valence-corrected chi connectivity index (χ0v) is 32.4. The molecule has 0 heterocycles. The molecule has 0 saturated heterocycles. The largest absolute Gasteiger partial charge is 2.00 e. The molecule has 156 valence electrons. The van der Waals surface area contributed by atoms with Gasteiger partial charge in [-0.25, -0.2) is 0 Å². The smallest absolute Gasteiger partial charge is 0.570 e. The topological polar surface area (TPSA) is 111 Å². The Balaban J connectivity index is -0.0000000182.